The number of aryl methyl sites for hydroxylation is 1. The Hall–Kier alpha value is -1.31. The molecule has 0 unspecified atom stereocenters. The van der Waals surface area contributed by atoms with Crippen molar-refractivity contribution in [1.29, 1.82) is 0 Å². The Kier molecular flexibility index (Phi) is 5.54. The van der Waals surface area contributed by atoms with Gasteiger partial charge in [0.05, 0.1) is 19.1 Å². The standard InChI is InChI=1S/C16H26N2O4S/c1-12-9-13(21-3)14(22-4)10-15(12)23(19,20)18-11-16(2)5-7-17-8-6-16/h9-10,17-18H,5-8,11H2,1-4H3. The molecule has 0 bridgehead atoms. The topological polar surface area (TPSA) is 76.7 Å². The van der Waals surface area contributed by atoms with Gasteiger partial charge < -0.3 is 14.8 Å². The van der Waals surface area contributed by atoms with Gasteiger partial charge in [0.15, 0.2) is 11.5 Å². The van der Waals surface area contributed by atoms with Crippen molar-refractivity contribution < 1.29 is 17.9 Å². The summed E-state index contributed by atoms with van der Waals surface area (Å²) in [6, 6.07) is 3.20. The normalized spacial score (nSPS) is 17.7. The highest BCUT2D eigenvalue weighted by atomic mass is 32.2. The van der Waals surface area contributed by atoms with E-state index < -0.39 is 10.0 Å². The fraction of sp³-hybridized carbons (Fsp3) is 0.625. The predicted octanol–water partition coefficient (Wildman–Crippen LogP) is 1.68. The van der Waals surface area contributed by atoms with E-state index in [0.717, 1.165) is 25.9 Å². The van der Waals surface area contributed by atoms with Gasteiger partial charge in [-0.15, -0.1) is 0 Å². The first kappa shape index (κ1) is 18.0. The van der Waals surface area contributed by atoms with Crippen LogP contribution < -0.4 is 19.5 Å². The number of hydrogen-bond acceptors (Lipinski definition) is 5. The fourth-order valence-corrected chi connectivity index (χ4v) is 4.24. The van der Waals surface area contributed by atoms with E-state index in [2.05, 4.69) is 17.0 Å². The van der Waals surface area contributed by atoms with E-state index >= 15 is 0 Å². The molecule has 1 aliphatic heterocycles. The van der Waals surface area contributed by atoms with E-state index in [1.165, 1.54) is 20.3 Å². The van der Waals surface area contributed by atoms with Gasteiger partial charge in [0.2, 0.25) is 10.0 Å². The van der Waals surface area contributed by atoms with E-state index in [0.29, 0.717) is 23.6 Å². The van der Waals surface area contributed by atoms with Crippen LogP contribution in [0.4, 0.5) is 0 Å². The van der Waals surface area contributed by atoms with Crippen LogP contribution in [0.3, 0.4) is 0 Å². The third kappa shape index (κ3) is 4.16. The number of methoxy groups -OCH3 is 2. The molecular formula is C16H26N2O4S. The highest BCUT2D eigenvalue weighted by Crippen LogP contribution is 2.33. The molecule has 23 heavy (non-hydrogen) atoms. The maximum atomic E-state index is 12.7. The molecule has 0 radical (unpaired) electrons. The third-order valence-electron chi connectivity index (χ3n) is 4.47. The quantitative estimate of drug-likeness (QED) is 0.822. The number of ether oxygens (including phenoxy) is 2. The molecule has 0 aliphatic carbocycles. The smallest absolute Gasteiger partial charge is 0.240 e. The van der Waals surface area contributed by atoms with Crippen molar-refractivity contribution >= 4 is 10.0 Å². The van der Waals surface area contributed by atoms with Gasteiger partial charge in [-0.2, -0.15) is 0 Å². The average molecular weight is 342 g/mol. The molecule has 1 aromatic carbocycles. The first-order valence-corrected chi connectivity index (χ1v) is 9.23. The highest BCUT2D eigenvalue weighted by molar-refractivity contribution is 7.89. The SMILES string of the molecule is COc1cc(C)c(S(=O)(=O)NCC2(C)CCNCC2)cc1OC. The molecule has 6 nitrogen and oxygen atoms in total. The zero-order chi connectivity index (χ0) is 17.1. The summed E-state index contributed by atoms with van der Waals surface area (Å²) in [4.78, 5) is 0.229. The zero-order valence-corrected chi connectivity index (χ0v) is 15.0. The van der Waals surface area contributed by atoms with Crippen molar-refractivity contribution in [3.05, 3.63) is 17.7 Å². The van der Waals surface area contributed by atoms with Crippen LogP contribution in [0.5, 0.6) is 11.5 Å². The summed E-state index contributed by atoms with van der Waals surface area (Å²) in [5, 5.41) is 3.30. The van der Waals surface area contributed by atoms with Gasteiger partial charge in [-0.3, -0.25) is 0 Å². The summed E-state index contributed by atoms with van der Waals surface area (Å²) < 4.78 is 38.6. The molecule has 2 rings (SSSR count). The maximum absolute atomic E-state index is 12.7. The monoisotopic (exact) mass is 342 g/mol. The van der Waals surface area contributed by atoms with Crippen molar-refractivity contribution in [2.45, 2.75) is 31.6 Å². The van der Waals surface area contributed by atoms with E-state index in [1.54, 1.807) is 13.0 Å². The van der Waals surface area contributed by atoms with E-state index in [-0.39, 0.29) is 10.3 Å². The molecule has 1 saturated heterocycles. The summed E-state index contributed by atoms with van der Waals surface area (Å²) in [5.74, 6) is 0.931. The van der Waals surface area contributed by atoms with Crippen LogP contribution in [0, 0.1) is 12.3 Å². The second kappa shape index (κ2) is 7.07. The molecule has 1 aromatic rings. The number of hydrogen-bond donors (Lipinski definition) is 2. The number of benzene rings is 1. The van der Waals surface area contributed by atoms with E-state index in [4.69, 9.17) is 9.47 Å². The van der Waals surface area contributed by atoms with Gasteiger partial charge in [-0.1, -0.05) is 6.92 Å². The van der Waals surface area contributed by atoms with Crippen LogP contribution in [0.2, 0.25) is 0 Å². The molecule has 0 saturated carbocycles. The van der Waals surface area contributed by atoms with Crippen LogP contribution in [0.15, 0.2) is 17.0 Å². The second-order valence-corrected chi connectivity index (χ2v) is 8.09. The Labute approximate surface area is 138 Å². The van der Waals surface area contributed by atoms with Crippen LogP contribution in [-0.4, -0.2) is 42.3 Å². The van der Waals surface area contributed by atoms with Crippen LogP contribution in [-0.2, 0) is 10.0 Å². The third-order valence-corrected chi connectivity index (χ3v) is 6.01. The molecule has 1 fully saturated rings. The summed E-state index contributed by atoms with van der Waals surface area (Å²) >= 11 is 0. The minimum Gasteiger partial charge on any atom is -0.493 e. The van der Waals surface area contributed by atoms with Crippen LogP contribution >= 0.6 is 0 Å². The van der Waals surface area contributed by atoms with Gasteiger partial charge in [-0.05, 0) is 49.9 Å². The Morgan fingerprint density at radius 2 is 1.74 bits per heavy atom. The van der Waals surface area contributed by atoms with Crippen molar-refractivity contribution in [3.63, 3.8) is 0 Å². The molecule has 1 aliphatic rings. The lowest BCUT2D eigenvalue weighted by Crippen LogP contribution is -2.42. The summed E-state index contributed by atoms with van der Waals surface area (Å²) in [7, 11) is -0.569. The first-order chi connectivity index (χ1) is 10.8. The average Bonchev–Trinajstić information content (AvgIpc) is 2.53. The van der Waals surface area contributed by atoms with Crippen molar-refractivity contribution in [3.8, 4) is 11.5 Å². The molecule has 0 atom stereocenters. The lowest BCUT2D eigenvalue weighted by Gasteiger charge is -2.34. The molecular weight excluding hydrogens is 316 g/mol. The second-order valence-electron chi connectivity index (χ2n) is 6.36. The van der Waals surface area contributed by atoms with Gasteiger partial charge in [0.25, 0.3) is 0 Å². The molecule has 0 spiro atoms. The first-order valence-electron chi connectivity index (χ1n) is 7.74. The molecule has 0 aromatic heterocycles. The van der Waals surface area contributed by atoms with Crippen molar-refractivity contribution in [2.75, 3.05) is 33.9 Å². The fourth-order valence-electron chi connectivity index (χ4n) is 2.81. The molecule has 2 N–H and O–H groups in total. The summed E-state index contributed by atoms with van der Waals surface area (Å²) in [6.45, 7) is 6.16. The van der Waals surface area contributed by atoms with E-state index in [1.807, 2.05) is 0 Å². The van der Waals surface area contributed by atoms with Crippen molar-refractivity contribution in [1.82, 2.24) is 10.0 Å². The maximum Gasteiger partial charge on any atom is 0.240 e. The van der Waals surface area contributed by atoms with E-state index in [9.17, 15) is 8.42 Å². The summed E-state index contributed by atoms with van der Waals surface area (Å²) in [5.41, 5.74) is 0.619. The molecule has 1 heterocycles. The zero-order valence-electron chi connectivity index (χ0n) is 14.2. The van der Waals surface area contributed by atoms with Gasteiger partial charge >= 0.3 is 0 Å². The minimum absolute atomic E-state index is 0.0111. The lowest BCUT2D eigenvalue weighted by molar-refractivity contribution is 0.232. The predicted molar refractivity (Wildman–Crippen MR) is 89.7 cm³/mol. The lowest BCUT2D eigenvalue weighted by atomic mass is 9.81. The largest absolute Gasteiger partial charge is 0.493 e. The van der Waals surface area contributed by atoms with Crippen LogP contribution in [0.1, 0.15) is 25.3 Å². The Morgan fingerprint density at radius 1 is 1.17 bits per heavy atom. The Morgan fingerprint density at radius 3 is 2.30 bits per heavy atom. The highest BCUT2D eigenvalue weighted by Gasteiger charge is 2.29. The molecule has 130 valence electrons. The number of piperidine rings is 1. The molecule has 7 heteroatoms. The van der Waals surface area contributed by atoms with Crippen LogP contribution in [0.25, 0.3) is 0 Å². The van der Waals surface area contributed by atoms with Crippen molar-refractivity contribution in [2.24, 2.45) is 5.41 Å². The molecule has 0 amide bonds. The summed E-state index contributed by atoms with van der Waals surface area (Å²) in [6.07, 6.45) is 1.92. The number of nitrogens with one attached hydrogen (secondary N) is 2. The Bertz CT molecular complexity index is 652. The number of rotatable bonds is 6. The number of sulfonamides is 1. The Balaban J connectivity index is 2.22. The minimum atomic E-state index is -3.59. The van der Waals surface area contributed by atoms with Gasteiger partial charge in [-0.25, -0.2) is 13.1 Å². The van der Waals surface area contributed by atoms with Gasteiger partial charge in [0.1, 0.15) is 0 Å². The van der Waals surface area contributed by atoms with Gasteiger partial charge in [0, 0.05) is 12.6 Å².